The fourth-order valence-electron chi connectivity index (χ4n) is 8.42. The molecule has 266 valence electrons. The largest absolute Gasteiger partial charge is 0.377 e. The van der Waals surface area contributed by atoms with Gasteiger partial charge in [0.15, 0.2) is 8.07 Å². The smallest absolute Gasteiger partial charge is 0.176 e. The van der Waals surface area contributed by atoms with E-state index < -0.39 is 8.07 Å². The Morgan fingerprint density at radius 2 is 0.612 bits per heavy atom. The van der Waals surface area contributed by atoms with Crippen LogP contribution in [-0.4, -0.2) is 92.6 Å². The Morgan fingerprint density at radius 3 is 0.776 bits per heavy atom. The maximum Gasteiger partial charge on any atom is 0.176 e. The fraction of sp³-hybridized carbons (Fsp3) is 0.476. The van der Waals surface area contributed by atoms with Crippen molar-refractivity contribution >= 4 is 57.8 Å². The first-order chi connectivity index (χ1) is 22.7. The van der Waals surface area contributed by atoms with Crippen LogP contribution in [-0.2, 0) is 0 Å². The molecule has 0 radical (unpaired) electrons. The Hall–Kier alpha value is -3.84. The highest BCUT2D eigenvalue weighted by atomic mass is 28.3. The highest BCUT2D eigenvalue weighted by Gasteiger charge is 2.50. The van der Waals surface area contributed by atoms with Crippen molar-refractivity contribution in [2.75, 3.05) is 114 Å². The minimum Gasteiger partial charge on any atom is -0.377 e. The average Bonchev–Trinajstić information content (AvgIpc) is 3.20. The van der Waals surface area contributed by atoms with E-state index in [4.69, 9.17) is 0 Å². The summed E-state index contributed by atoms with van der Waals surface area (Å²) in [4.78, 5) is 13.8. The molecule has 0 fully saturated rings. The number of rotatable bonds is 10. The molecule has 1 atom stereocenters. The summed E-state index contributed by atoms with van der Waals surface area (Å²) in [6.07, 6.45) is 0. The molecule has 0 spiro atoms. The van der Waals surface area contributed by atoms with Gasteiger partial charge in [-0.25, -0.2) is 0 Å². The highest BCUT2D eigenvalue weighted by molar-refractivity contribution is 7.16. The molecule has 49 heavy (non-hydrogen) atoms. The second kappa shape index (κ2) is 13.8. The third-order valence-corrected chi connectivity index (χ3v) is 16.4. The van der Waals surface area contributed by atoms with E-state index in [1.165, 1.54) is 83.1 Å². The number of nitrogens with zero attached hydrogens (tertiary/aromatic N) is 6. The first kappa shape index (κ1) is 38.0. The van der Waals surface area contributed by atoms with Gasteiger partial charge in [0.05, 0.1) is 0 Å². The van der Waals surface area contributed by atoms with Gasteiger partial charge in [-0.1, -0.05) is 23.3 Å². The summed E-state index contributed by atoms with van der Waals surface area (Å²) in [5.74, 6) is 0.303. The van der Waals surface area contributed by atoms with E-state index in [1.54, 1.807) is 5.20 Å². The Bertz CT molecular complexity index is 1550. The van der Waals surface area contributed by atoms with E-state index in [-0.39, 0.29) is 0 Å². The van der Waals surface area contributed by atoms with Gasteiger partial charge in [0, 0.05) is 119 Å². The maximum atomic E-state index is 2.54. The van der Waals surface area contributed by atoms with Crippen LogP contribution in [0.1, 0.15) is 44.4 Å². The molecule has 7 heteroatoms. The van der Waals surface area contributed by atoms with Crippen molar-refractivity contribution in [3.8, 4) is 0 Å². The van der Waals surface area contributed by atoms with Gasteiger partial charge >= 0.3 is 0 Å². The van der Waals surface area contributed by atoms with E-state index in [0.717, 1.165) is 0 Å². The van der Waals surface area contributed by atoms with Crippen molar-refractivity contribution in [3.05, 3.63) is 75.0 Å². The first-order valence-electron chi connectivity index (χ1n) is 17.6. The summed E-state index contributed by atoms with van der Waals surface area (Å²) < 4.78 is 0. The van der Waals surface area contributed by atoms with Crippen LogP contribution in [0.4, 0.5) is 34.1 Å². The van der Waals surface area contributed by atoms with Crippen molar-refractivity contribution in [2.24, 2.45) is 5.92 Å². The summed E-state index contributed by atoms with van der Waals surface area (Å²) in [5, 5.41) is 5.86. The molecular weight excluding hydrogens is 617 g/mol. The van der Waals surface area contributed by atoms with E-state index in [9.17, 15) is 0 Å². The normalized spacial score (nSPS) is 14.9. The minimum atomic E-state index is -3.05. The number of allylic oxidation sites excluding steroid dienone is 4. The molecule has 1 aliphatic rings. The van der Waals surface area contributed by atoms with E-state index in [0.29, 0.717) is 5.92 Å². The zero-order chi connectivity index (χ0) is 37.0. The molecule has 1 unspecified atom stereocenters. The Morgan fingerprint density at radius 1 is 0.388 bits per heavy atom. The molecule has 0 saturated carbocycles. The van der Waals surface area contributed by atoms with Crippen LogP contribution in [0.3, 0.4) is 0 Å². The van der Waals surface area contributed by atoms with Crippen molar-refractivity contribution in [1.29, 1.82) is 0 Å². The number of anilines is 6. The zero-order valence-electron chi connectivity index (χ0n) is 34.2. The van der Waals surface area contributed by atoms with Gasteiger partial charge in [0.2, 0.25) is 0 Å². The zero-order valence-corrected chi connectivity index (χ0v) is 35.2. The number of hydrogen-bond acceptors (Lipinski definition) is 6. The van der Waals surface area contributed by atoms with Crippen LogP contribution in [0, 0.1) is 26.7 Å². The predicted octanol–water partition coefficient (Wildman–Crippen LogP) is 6.32. The lowest BCUT2D eigenvalue weighted by Crippen LogP contribution is -2.70. The summed E-state index contributed by atoms with van der Waals surface area (Å²) in [7, 11) is 23.2. The van der Waals surface area contributed by atoms with Crippen molar-refractivity contribution in [2.45, 2.75) is 48.5 Å². The van der Waals surface area contributed by atoms with Gasteiger partial charge in [-0.2, -0.15) is 0 Å². The molecule has 1 aliphatic carbocycles. The van der Waals surface area contributed by atoms with Crippen LogP contribution in [0.25, 0.3) is 0 Å². The average molecular weight is 681 g/mol. The predicted molar refractivity (Wildman–Crippen MR) is 224 cm³/mol. The topological polar surface area (TPSA) is 19.4 Å². The molecular formula is C42H64N6Si. The van der Waals surface area contributed by atoms with E-state index in [1.807, 2.05) is 0 Å². The second-order valence-electron chi connectivity index (χ2n) is 15.6. The summed E-state index contributed by atoms with van der Waals surface area (Å²) in [6.45, 7) is 16.4. The molecule has 3 aromatic carbocycles. The monoisotopic (exact) mass is 680 g/mol. The Balaban J connectivity index is 2.49. The fourth-order valence-corrected chi connectivity index (χ4v) is 14.1. The van der Waals surface area contributed by atoms with Gasteiger partial charge in [0.1, 0.15) is 0 Å². The van der Waals surface area contributed by atoms with Crippen LogP contribution in [0.2, 0.25) is 0 Å². The third-order valence-electron chi connectivity index (χ3n) is 11.3. The standard InChI is InChI=1S/C42H64N6Si/c1-26-27(2)29(4)42(28(26)3)49(33-20-36(43(8)9)30(5)37(21-33)44(10)11,34-22-38(45(12)13)31(6)39(23-34)46(14)15)35-24-40(47(16)17)32(7)41(25-35)48(18)19/h20-25,28H,1-19H3. The molecule has 0 bridgehead atoms. The van der Waals surface area contributed by atoms with Crippen molar-refractivity contribution < 1.29 is 0 Å². The summed E-state index contributed by atoms with van der Waals surface area (Å²) >= 11 is 0. The lowest BCUT2D eigenvalue weighted by atomic mass is 10.1. The van der Waals surface area contributed by atoms with Crippen LogP contribution in [0.15, 0.2) is 58.3 Å². The molecule has 4 rings (SSSR count). The molecule has 0 heterocycles. The summed E-state index contributed by atoms with van der Waals surface area (Å²) in [5.41, 5.74) is 15.9. The van der Waals surface area contributed by atoms with Gasteiger partial charge < -0.3 is 29.4 Å². The van der Waals surface area contributed by atoms with Crippen LogP contribution in [0.5, 0.6) is 0 Å². The van der Waals surface area contributed by atoms with E-state index >= 15 is 0 Å². The molecule has 0 amide bonds. The van der Waals surface area contributed by atoms with Crippen molar-refractivity contribution in [1.82, 2.24) is 0 Å². The molecule has 3 aromatic rings. The lowest BCUT2D eigenvalue weighted by molar-refractivity contribution is 0.851. The Kier molecular flexibility index (Phi) is 10.7. The molecule has 0 saturated heterocycles. The number of benzene rings is 3. The molecule has 0 aromatic heterocycles. The van der Waals surface area contributed by atoms with E-state index in [2.05, 4.69) is 199 Å². The first-order valence-corrected chi connectivity index (χ1v) is 19.6. The highest BCUT2D eigenvalue weighted by Crippen LogP contribution is 2.44. The van der Waals surface area contributed by atoms with Crippen LogP contribution < -0.4 is 45.0 Å². The minimum absolute atomic E-state index is 0.303. The van der Waals surface area contributed by atoms with Crippen molar-refractivity contribution in [3.63, 3.8) is 0 Å². The maximum absolute atomic E-state index is 3.05. The lowest BCUT2D eigenvalue weighted by Gasteiger charge is -2.42. The van der Waals surface area contributed by atoms with Gasteiger partial charge in [-0.05, 0) is 122 Å². The quantitative estimate of drug-likeness (QED) is 0.183. The summed E-state index contributed by atoms with van der Waals surface area (Å²) in [6, 6.07) is 15.2. The molecule has 0 aliphatic heterocycles. The van der Waals surface area contributed by atoms with Crippen LogP contribution >= 0.6 is 0 Å². The van der Waals surface area contributed by atoms with Gasteiger partial charge in [-0.3, -0.25) is 0 Å². The molecule has 6 nitrogen and oxygen atoms in total. The third kappa shape index (κ3) is 6.24. The van der Waals surface area contributed by atoms with Gasteiger partial charge in [0.25, 0.3) is 0 Å². The number of hydrogen-bond donors (Lipinski definition) is 0. The Labute approximate surface area is 300 Å². The van der Waals surface area contributed by atoms with Gasteiger partial charge in [-0.15, -0.1) is 0 Å². The molecule has 0 N–H and O–H groups in total. The second-order valence-corrected chi connectivity index (χ2v) is 19.4. The SMILES string of the molecule is CC1=C(C)C(C)C([Si](c2cc(N(C)C)c(C)c(N(C)C)c2)(c2cc(N(C)C)c(C)c(N(C)C)c2)c2cc(N(C)C)c(C)c(N(C)C)c2)=C1C.